The SMILES string of the molecule is O=C(O)C1CC(=O)N(c2ccc(S(=O)(=O)Nc3ccccc3F)cc2)C1. The molecule has 2 aromatic rings. The third kappa shape index (κ3) is 3.52. The number of aliphatic carboxylic acids is 1. The van der Waals surface area contributed by atoms with Crippen molar-refractivity contribution < 1.29 is 27.5 Å². The van der Waals surface area contributed by atoms with Gasteiger partial charge in [-0.15, -0.1) is 0 Å². The fourth-order valence-electron chi connectivity index (χ4n) is 2.68. The fraction of sp³-hybridized carbons (Fsp3) is 0.176. The van der Waals surface area contributed by atoms with Crippen LogP contribution in [0.25, 0.3) is 0 Å². The number of sulfonamides is 1. The molecule has 1 unspecified atom stereocenters. The van der Waals surface area contributed by atoms with E-state index in [-0.39, 0.29) is 29.5 Å². The van der Waals surface area contributed by atoms with Crippen LogP contribution in [0.3, 0.4) is 0 Å². The summed E-state index contributed by atoms with van der Waals surface area (Å²) in [7, 11) is -4.00. The number of hydrogen-bond acceptors (Lipinski definition) is 4. The maximum absolute atomic E-state index is 13.6. The van der Waals surface area contributed by atoms with E-state index >= 15 is 0 Å². The zero-order valence-corrected chi connectivity index (χ0v) is 14.2. The lowest BCUT2D eigenvalue weighted by atomic mass is 10.1. The van der Waals surface area contributed by atoms with Crippen molar-refractivity contribution in [3.8, 4) is 0 Å². The Kier molecular flexibility index (Phi) is 4.64. The lowest BCUT2D eigenvalue weighted by Crippen LogP contribution is -2.25. The van der Waals surface area contributed by atoms with Gasteiger partial charge in [0.2, 0.25) is 5.91 Å². The number of rotatable bonds is 5. The second-order valence-corrected chi connectivity index (χ2v) is 7.51. The van der Waals surface area contributed by atoms with Crippen molar-refractivity contribution in [3.05, 3.63) is 54.3 Å². The van der Waals surface area contributed by atoms with Gasteiger partial charge < -0.3 is 10.0 Å². The van der Waals surface area contributed by atoms with Gasteiger partial charge in [-0.25, -0.2) is 12.8 Å². The largest absolute Gasteiger partial charge is 0.481 e. The molecular weight excluding hydrogens is 363 g/mol. The first-order valence-corrected chi connectivity index (χ1v) is 9.17. The molecule has 1 fully saturated rings. The molecule has 0 spiro atoms. The third-order valence-corrected chi connectivity index (χ3v) is 5.43. The third-order valence-electron chi connectivity index (χ3n) is 4.05. The second-order valence-electron chi connectivity index (χ2n) is 5.82. The van der Waals surface area contributed by atoms with Crippen LogP contribution < -0.4 is 9.62 Å². The van der Waals surface area contributed by atoms with Crippen LogP contribution in [0.5, 0.6) is 0 Å². The minimum Gasteiger partial charge on any atom is -0.481 e. The molecule has 1 amide bonds. The van der Waals surface area contributed by atoms with Crippen molar-refractivity contribution in [2.75, 3.05) is 16.2 Å². The van der Waals surface area contributed by atoms with Gasteiger partial charge in [0.25, 0.3) is 10.0 Å². The Morgan fingerprint density at radius 2 is 1.81 bits per heavy atom. The molecule has 0 bridgehead atoms. The molecule has 26 heavy (non-hydrogen) atoms. The first-order chi connectivity index (χ1) is 12.3. The number of nitrogens with zero attached hydrogens (tertiary/aromatic N) is 1. The van der Waals surface area contributed by atoms with Crippen molar-refractivity contribution in [2.24, 2.45) is 5.92 Å². The quantitative estimate of drug-likeness (QED) is 0.829. The summed E-state index contributed by atoms with van der Waals surface area (Å²) < 4.78 is 40.5. The van der Waals surface area contributed by atoms with Gasteiger partial charge in [0.05, 0.1) is 16.5 Å². The number of carbonyl (C=O) groups is 2. The minimum atomic E-state index is -4.00. The van der Waals surface area contributed by atoms with Crippen LogP contribution in [0.2, 0.25) is 0 Å². The Labute approximate surface area is 149 Å². The van der Waals surface area contributed by atoms with Gasteiger partial charge in [-0.05, 0) is 36.4 Å². The highest BCUT2D eigenvalue weighted by molar-refractivity contribution is 7.92. The summed E-state index contributed by atoms with van der Waals surface area (Å²) in [6.07, 6.45) is -0.0930. The van der Waals surface area contributed by atoms with E-state index in [9.17, 15) is 22.4 Å². The number of para-hydroxylation sites is 1. The zero-order valence-electron chi connectivity index (χ0n) is 13.4. The predicted octanol–water partition coefficient (Wildman–Crippen LogP) is 2.06. The van der Waals surface area contributed by atoms with E-state index in [0.29, 0.717) is 5.69 Å². The number of carbonyl (C=O) groups excluding carboxylic acids is 1. The minimum absolute atomic E-state index is 0.0355. The molecule has 1 aliphatic heterocycles. The molecule has 0 saturated carbocycles. The molecular formula is C17H15FN2O5S. The van der Waals surface area contributed by atoms with E-state index in [4.69, 9.17) is 5.11 Å². The van der Waals surface area contributed by atoms with Gasteiger partial charge >= 0.3 is 5.97 Å². The molecule has 3 rings (SSSR count). The predicted molar refractivity (Wildman–Crippen MR) is 91.7 cm³/mol. The van der Waals surface area contributed by atoms with Crippen molar-refractivity contribution in [3.63, 3.8) is 0 Å². The summed E-state index contributed by atoms with van der Waals surface area (Å²) in [5.41, 5.74) is 0.235. The number of benzene rings is 2. The smallest absolute Gasteiger partial charge is 0.308 e. The molecule has 2 aromatic carbocycles. The maximum Gasteiger partial charge on any atom is 0.308 e. The van der Waals surface area contributed by atoms with Crippen LogP contribution in [0.15, 0.2) is 53.4 Å². The molecule has 1 saturated heterocycles. The average Bonchev–Trinajstić information content (AvgIpc) is 2.99. The first-order valence-electron chi connectivity index (χ1n) is 7.68. The molecule has 0 aliphatic carbocycles. The van der Waals surface area contributed by atoms with E-state index in [1.807, 2.05) is 0 Å². The number of anilines is 2. The topological polar surface area (TPSA) is 104 Å². The Morgan fingerprint density at radius 1 is 1.15 bits per heavy atom. The van der Waals surface area contributed by atoms with Crippen molar-refractivity contribution >= 4 is 33.3 Å². The first kappa shape index (κ1) is 17.9. The summed E-state index contributed by atoms with van der Waals surface area (Å²) in [5.74, 6) is -2.87. The molecule has 2 N–H and O–H groups in total. The highest BCUT2D eigenvalue weighted by Gasteiger charge is 2.35. The van der Waals surface area contributed by atoms with E-state index in [1.54, 1.807) is 0 Å². The fourth-order valence-corrected chi connectivity index (χ4v) is 3.74. The normalized spacial score (nSPS) is 17.3. The number of nitrogens with one attached hydrogen (secondary N) is 1. The molecule has 0 aromatic heterocycles. The summed E-state index contributed by atoms with van der Waals surface area (Å²) >= 11 is 0. The van der Waals surface area contributed by atoms with Crippen LogP contribution in [0.4, 0.5) is 15.8 Å². The van der Waals surface area contributed by atoms with E-state index < -0.39 is 27.7 Å². The molecule has 0 radical (unpaired) electrons. The van der Waals surface area contributed by atoms with Gasteiger partial charge in [0.15, 0.2) is 0 Å². The van der Waals surface area contributed by atoms with Crippen LogP contribution in [-0.2, 0) is 19.6 Å². The number of carboxylic acid groups (broad SMARTS) is 1. The standard InChI is InChI=1S/C17H15FN2O5S/c18-14-3-1-2-4-15(14)19-26(24,25)13-7-5-12(6-8-13)20-10-11(17(22)23)9-16(20)21/h1-8,11,19H,9-10H2,(H,22,23). The lowest BCUT2D eigenvalue weighted by molar-refractivity contribution is -0.141. The van der Waals surface area contributed by atoms with Gasteiger partial charge in [0, 0.05) is 18.7 Å². The zero-order chi connectivity index (χ0) is 18.9. The second kappa shape index (κ2) is 6.75. The molecule has 1 aliphatic rings. The molecule has 9 heteroatoms. The Morgan fingerprint density at radius 3 is 2.38 bits per heavy atom. The molecule has 1 atom stereocenters. The Hall–Kier alpha value is -2.94. The van der Waals surface area contributed by atoms with Crippen LogP contribution in [0, 0.1) is 11.7 Å². The summed E-state index contributed by atoms with van der Waals surface area (Å²) in [6.45, 7) is 0.0355. The highest BCUT2D eigenvalue weighted by Crippen LogP contribution is 2.27. The van der Waals surface area contributed by atoms with E-state index in [1.165, 1.54) is 47.4 Å². The van der Waals surface area contributed by atoms with Crippen LogP contribution >= 0.6 is 0 Å². The number of carboxylic acids is 1. The van der Waals surface area contributed by atoms with Crippen molar-refractivity contribution in [1.82, 2.24) is 0 Å². The van der Waals surface area contributed by atoms with Gasteiger partial charge in [-0.3, -0.25) is 14.3 Å². The lowest BCUT2D eigenvalue weighted by Gasteiger charge is -2.16. The summed E-state index contributed by atoms with van der Waals surface area (Å²) in [5, 5.41) is 9.01. The maximum atomic E-state index is 13.6. The van der Waals surface area contributed by atoms with Gasteiger partial charge in [-0.2, -0.15) is 0 Å². The van der Waals surface area contributed by atoms with Crippen LogP contribution in [0.1, 0.15) is 6.42 Å². The number of hydrogen-bond donors (Lipinski definition) is 2. The van der Waals surface area contributed by atoms with E-state index in [0.717, 1.165) is 6.07 Å². The van der Waals surface area contributed by atoms with Crippen LogP contribution in [-0.4, -0.2) is 31.9 Å². The van der Waals surface area contributed by atoms with Crippen molar-refractivity contribution in [2.45, 2.75) is 11.3 Å². The average molecular weight is 378 g/mol. The van der Waals surface area contributed by atoms with Gasteiger partial charge in [0.1, 0.15) is 5.82 Å². The molecule has 136 valence electrons. The van der Waals surface area contributed by atoms with Gasteiger partial charge in [-0.1, -0.05) is 12.1 Å². The van der Waals surface area contributed by atoms with E-state index in [2.05, 4.69) is 4.72 Å². The highest BCUT2D eigenvalue weighted by atomic mass is 32.2. The number of halogens is 1. The Balaban J connectivity index is 1.80. The molecule has 7 nitrogen and oxygen atoms in total. The number of amides is 1. The Bertz CT molecular complexity index is 959. The summed E-state index contributed by atoms with van der Waals surface area (Å²) in [4.78, 5) is 24.2. The summed E-state index contributed by atoms with van der Waals surface area (Å²) in [6, 6.07) is 10.8. The van der Waals surface area contributed by atoms with Crippen molar-refractivity contribution in [1.29, 1.82) is 0 Å². The monoisotopic (exact) mass is 378 g/mol. The molecule has 1 heterocycles.